The molecule has 0 spiro atoms. The van der Waals surface area contributed by atoms with Gasteiger partial charge in [-0.05, 0) is 55.5 Å². The van der Waals surface area contributed by atoms with Gasteiger partial charge in [0.15, 0.2) is 11.5 Å². The molecule has 3 rings (SSSR count). The standard InChI is InChI=1S/C21H25ClN6O2/c1-14(2)10-15-6-5-7-16(11-15)12-24-21(29)30-9-4-3-8-28-13-25-17-18(23)26-20(22)27-19(17)28/h5-7,10-11,13H,3-4,8-9,12H2,1-2H3,(H,24,29)(H2,23,26,27). The molecule has 0 bridgehead atoms. The molecule has 3 aromatic rings. The molecular formula is C21H25ClN6O2. The molecule has 0 saturated heterocycles. The summed E-state index contributed by atoms with van der Waals surface area (Å²) in [6.45, 7) is 5.51. The zero-order chi connectivity index (χ0) is 21.5. The van der Waals surface area contributed by atoms with E-state index in [0.717, 1.165) is 17.5 Å². The molecule has 0 radical (unpaired) electrons. The summed E-state index contributed by atoms with van der Waals surface area (Å²) >= 11 is 5.87. The van der Waals surface area contributed by atoms with E-state index >= 15 is 0 Å². The van der Waals surface area contributed by atoms with Crippen molar-refractivity contribution >= 4 is 40.8 Å². The lowest BCUT2D eigenvalue weighted by Gasteiger charge is -2.08. The van der Waals surface area contributed by atoms with Crippen LogP contribution in [0.5, 0.6) is 0 Å². The molecule has 2 heterocycles. The SMILES string of the molecule is CC(C)=Cc1cccc(CNC(=O)OCCCCn2cnc3c(N)nc(Cl)nc32)c1. The van der Waals surface area contributed by atoms with E-state index < -0.39 is 6.09 Å². The number of nitrogen functional groups attached to an aromatic ring is 1. The van der Waals surface area contributed by atoms with Crippen LogP contribution in [0.3, 0.4) is 0 Å². The van der Waals surface area contributed by atoms with Gasteiger partial charge in [0.05, 0.1) is 12.9 Å². The molecule has 0 saturated carbocycles. The fourth-order valence-corrected chi connectivity index (χ4v) is 3.17. The number of allylic oxidation sites excluding steroid dienone is 1. The molecule has 1 aromatic carbocycles. The summed E-state index contributed by atoms with van der Waals surface area (Å²) in [6, 6.07) is 8.03. The lowest BCUT2D eigenvalue weighted by atomic mass is 10.1. The second-order valence-electron chi connectivity index (χ2n) is 7.15. The number of nitrogens with two attached hydrogens (primary N) is 1. The number of aryl methyl sites for hydroxylation is 1. The first-order valence-electron chi connectivity index (χ1n) is 9.70. The molecule has 0 aliphatic heterocycles. The van der Waals surface area contributed by atoms with Crippen LogP contribution >= 0.6 is 11.6 Å². The molecule has 0 aliphatic carbocycles. The van der Waals surface area contributed by atoms with Crippen molar-refractivity contribution in [1.29, 1.82) is 0 Å². The predicted octanol–water partition coefficient (Wildman–Crippen LogP) is 4.19. The molecular weight excluding hydrogens is 404 g/mol. The van der Waals surface area contributed by atoms with Gasteiger partial charge in [-0.1, -0.05) is 29.8 Å². The third-order valence-corrected chi connectivity index (χ3v) is 4.50. The number of rotatable bonds is 8. The average molecular weight is 429 g/mol. The number of hydrogen-bond acceptors (Lipinski definition) is 6. The molecule has 30 heavy (non-hydrogen) atoms. The molecule has 158 valence electrons. The van der Waals surface area contributed by atoms with Crippen LogP contribution in [0.15, 0.2) is 36.2 Å². The highest BCUT2D eigenvalue weighted by Gasteiger charge is 2.10. The van der Waals surface area contributed by atoms with Crippen LogP contribution in [0.4, 0.5) is 10.6 Å². The number of unbranched alkanes of at least 4 members (excludes halogenated alkanes) is 1. The number of aromatic nitrogens is 4. The van der Waals surface area contributed by atoms with E-state index in [4.69, 9.17) is 22.1 Å². The molecule has 1 amide bonds. The second kappa shape index (κ2) is 10.1. The Morgan fingerprint density at radius 1 is 1.30 bits per heavy atom. The third kappa shape index (κ3) is 5.93. The Bertz CT molecular complexity index is 1060. The molecule has 0 aliphatic rings. The lowest BCUT2D eigenvalue weighted by molar-refractivity contribution is 0.143. The normalized spacial score (nSPS) is 10.8. The van der Waals surface area contributed by atoms with Crippen molar-refractivity contribution in [3.8, 4) is 0 Å². The van der Waals surface area contributed by atoms with Crippen molar-refractivity contribution in [2.75, 3.05) is 12.3 Å². The number of carbonyl (C=O) groups excluding carboxylic acids is 1. The number of alkyl carbamates (subject to hydrolysis) is 1. The number of ether oxygens (including phenoxy) is 1. The number of hydrogen-bond donors (Lipinski definition) is 2. The van der Waals surface area contributed by atoms with Gasteiger partial charge in [-0.2, -0.15) is 9.97 Å². The fourth-order valence-electron chi connectivity index (χ4n) is 3.00. The maximum absolute atomic E-state index is 11.9. The van der Waals surface area contributed by atoms with Crippen molar-refractivity contribution in [2.45, 2.75) is 39.8 Å². The van der Waals surface area contributed by atoms with Crippen molar-refractivity contribution in [3.63, 3.8) is 0 Å². The van der Waals surface area contributed by atoms with Gasteiger partial charge in [-0.25, -0.2) is 9.78 Å². The highest BCUT2D eigenvalue weighted by atomic mass is 35.5. The minimum Gasteiger partial charge on any atom is -0.450 e. The van der Waals surface area contributed by atoms with Gasteiger partial charge >= 0.3 is 6.09 Å². The Hall–Kier alpha value is -3.13. The lowest BCUT2D eigenvalue weighted by Crippen LogP contribution is -2.24. The highest BCUT2D eigenvalue weighted by molar-refractivity contribution is 6.28. The zero-order valence-electron chi connectivity index (χ0n) is 17.1. The largest absolute Gasteiger partial charge is 0.450 e. The van der Waals surface area contributed by atoms with Crippen molar-refractivity contribution in [2.24, 2.45) is 0 Å². The van der Waals surface area contributed by atoms with E-state index in [0.29, 0.717) is 37.3 Å². The highest BCUT2D eigenvalue weighted by Crippen LogP contribution is 2.18. The smallest absolute Gasteiger partial charge is 0.407 e. The summed E-state index contributed by atoms with van der Waals surface area (Å²) in [7, 11) is 0. The van der Waals surface area contributed by atoms with Gasteiger partial charge in [0.2, 0.25) is 5.28 Å². The number of nitrogens with one attached hydrogen (secondary N) is 1. The summed E-state index contributed by atoms with van der Waals surface area (Å²) < 4.78 is 7.11. The number of halogens is 1. The van der Waals surface area contributed by atoms with Gasteiger partial charge in [-0.15, -0.1) is 0 Å². The first kappa shape index (κ1) is 21.6. The fraction of sp³-hybridized carbons (Fsp3) is 0.333. The number of amides is 1. The Kier molecular flexibility index (Phi) is 7.24. The van der Waals surface area contributed by atoms with Gasteiger partial charge < -0.3 is 20.4 Å². The van der Waals surface area contributed by atoms with Crippen molar-refractivity contribution in [1.82, 2.24) is 24.8 Å². The minimum atomic E-state index is -0.428. The Labute approximate surface area is 180 Å². The van der Waals surface area contributed by atoms with E-state index in [1.807, 2.05) is 28.8 Å². The van der Waals surface area contributed by atoms with E-state index in [2.05, 4.69) is 40.2 Å². The van der Waals surface area contributed by atoms with Crippen LogP contribution in [0.1, 0.15) is 37.8 Å². The first-order valence-corrected chi connectivity index (χ1v) is 10.1. The topological polar surface area (TPSA) is 108 Å². The number of benzene rings is 1. The van der Waals surface area contributed by atoms with Crippen LogP contribution in [0.2, 0.25) is 5.28 Å². The molecule has 8 nitrogen and oxygen atoms in total. The molecule has 9 heteroatoms. The second-order valence-corrected chi connectivity index (χ2v) is 7.49. The van der Waals surface area contributed by atoms with E-state index in [1.165, 1.54) is 5.57 Å². The quantitative estimate of drug-likeness (QED) is 0.411. The number of anilines is 1. The average Bonchev–Trinajstić information content (AvgIpc) is 3.09. The predicted molar refractivity (Wildman–Crippen MR) is 118 cm³/mol. The Balaban J connectivity index is 1.39. The summed E-state index contributed by atoms with van der Waals surface area (Å²) in [5, 5.41) is 2.87. The van der Waals surface area contributed by atoms with Crippen molar-refractivity contribution in [3.05, 3.63) is 52.6 Å². The Morgan fingerprint density at radius 3 is 2.93 bits per heavy atom. The van der Waals surface area contributed by atoms with Gasteiger partial charge in [0.1, 0.15) is 5.52 Å². The van der Waals surface area contributed by atoms with E-state index in [1.54, 1.807) is 6.33 Å². The number of nitrogens with zero attached hydrogens (tertiary/aromatic N) is 4. The molecule has 3 N–H and O–H groups in total. The van der Waals surface area contributed by atoms with Crippen LogP contribution in [-0.2, 0) is 17.8 Å². The number of fused-ring (bicyclic) bond motifs is 1. The molecule has 2 aromatic heterocycles. The van der Waals surface area contributed by atoms with Crippen LogP contribution in [-0.4, -0.2) is 32.2 Å². The van der Waals surface area contributed by atoms with Crippen LogP contribution < -0.4 is 11.1 Å². The maximum atomic E-state index is 11.9. The van der Waals surface area contributed by atoms with E-state index in [-0.39, 0.29) is 11.1 Å². The first-order chi connectivity index (χ1) is 14.4. The minimum absolute atomic E-state index is 0.0909. The van der Waals surface area contributed by atoms with Gasteiger partial charge in [-0.3, -0.25) is 0 Å². The van der Waals surface area contributed by atoms with Gasteiger partial charge in [0, 0.05) is 13.1 Å². The third-order valence-electron chi connectivity index (χ3n) is 4.33. The number of carbonyl (C=O) groups is 1. The zero-order valence-corrected chi connectivity index (χ0v) is 17.8. The summed E-state index contributed by atoms with van der Waals surface area (Å²) in [5.74, 6) is 0.259. The number of imidazole rings is 1. The monoisotopic (exact) mass is 428 g/mol. The van der Waals surface area contributed by atoms with E-state index in [9.17, 15) is 4.79 Å². The van der Waals surface area contributed by atoms with Gasteiger partial charge in [0.25, 0.3) is 0 Å². The molecule has 0 fully saturated rings. The maximum Gasteiger partial charge on any atom is 0.407 e. The van der Waals surface area contributed by atoms with Crippen LogP contribution in [0, 0.1) is 0 Å². The van der Waals surface area contributed by atoms with Crippen LogP contribution in [0.25, 0.3) is 17.2 Å². The summed E-state index contributed by atoms with van der Waals surface area (Å²) in [6.07, 6.45) is 4.81. The Morgan fingerprint density at radius 2 is 2.13 bits per heavy atom. The summed E-state index contributed by atoms with van der Waals surface area (Å²) in [5.41, 5.74) is 10.3. The summed E-state index contributed by atoms with van der Waals surface area (Å²) in [4.78, 5) is 24.2. The molecule has 0 atom stereocenters. The van der Waals surface area contributed by atoms with Crippen molar-refractivity contribution < 1.29 is 9.53 Å². The molecule has 0 unspecified atom stereocenters.